The largest absolute Gasteiger partial charge is 0.481 e. The zero-order chi connectivity index (χ0) is 14.5. The lowest BCUT2D eigenvalue weighted by atomic mass is 9.87. The Kier molecular flexibility index (Phi) is 5.63. The van der Waals surface area contributed by atoms with Crippen molar-refractivity contribution in [2.24, 2.45) is 11.3 Å². The van der Waals surface area contributed by atoms with Gasteiger partial charge in [-0.15, -0.1) is 0 Å². The predicted octanol–water partition coefficient (Wildman–Crippen LogP) is 2.37. The molecule has 1 atom stereocenters. The summed E-state index contributed by atoms with van der Waals surface area (Å²) in [5, 5.41) is 14.7. The van der Waals surface area contributed by atoms with E-state index in [1.54, 1.807) is 6.92 Å². The normalized spacial score (nSPS) is 26.3. The first kappa shape index (κ1) is 15.8. The molecule has 0 saturated heterocycles. The number of carbonyl (C=O) groups is 2. The molecule has 5 heteroatoms. The summed E-state index contributed by atoms with van der Waals surface area (Å²) in [5.74, 6) is -0.127. The molecular weight excluding hydrogens is 244 g/mol. The average molecular weight is 270 g/mol. The third-order valence-corrected chi connectivity index (χ3v) is 4.29. The minimum Gasteiger partial charge on any atom is -0.481 e. The molecule has 0 aromatic rings. The number of nitrogens with one attached hydrogen (secondary N) is 2. The lowest BCUT2D eigenvalue weighted by Crippen LogP contribution is -2.48. The highest BCUT2D eigenvalue weighted by atomic mass is 16.4. The van der Waals surface area contributed by atoms with E-state index in [1.807, 2.05) is 6.92 Å². The predicted molar refractivity (Wildman–Crippen MR) is 74.0 cm³/mol. The summed E-state index contributed by atoms with van der Waals surface area (Å²) in [5.41, 5.74) is -0.890. The second-order valence-corrected chi connectivity index (χ2v) is 6.00. The maximum atomic E-state index is 11.8. The standard InChI is InChI=1S/C14H26N2O3/c1-4-14(3,12(17)18)9-15-13(19)16-11-7-5-10(2)6-8-11/h10-11H,4-9H2,1-3H3,(H,17,18)(H2,15,16,19). The third kappa shape index (κ3) is 4.73. The molecule has 0 bridgehead atoms. The van der Waals surface area contributed by atoms with Crippen LogP contribution in [0.15, 0.2) is 0 Å². The summed E-state index contributed by atoms with van der Waals surface area (Å²) in [6.45, 7) is 5.86. The van der Waals surface area contributed by atoms with Crippen LogP contribution < -0.4 is 10.6 Å². The van der Waals surface area contributed by atoms with Crippen LogP contribution in [0, 0.1) is 11.3 Å². The van der Waals surface area contributed by atoms with Crippen molar-refractivity contribution >= 4 is 12.0 Å². The summed E-state index contributed by atoms with van der Waals surface area (Å²) in [6, 6.07) is -0.0191. The van der Waals surface area contributed by atoms with Crippen LogP contribution in [0.5, 0.6) is 0 Å². The minimum absolute atomic E-state index is 0.161. The van der Waals surface area contributed by atoms with Gasteiger partial charge in [-0.1, -0.05) is 13.8 Å². The molecule has 0 aromatic heterocycles. The second kappa shape index (κ2) is 6.78. The van der Waals surface area contributed by atoms with Gasteiger partial charge in [-0.2, -0.15) is 0 Å². The molecule has 0 aliphatic heterocycles. The van der Waals surface area contributed by atoms with Gasteiger partial charge in [-0.25, -0.2) is 4.79 Å². The summed E-state index contributed by atoms with van der Waals surface area (Å²) in [6.07, 6.45) is 4.81. The van der Waals surface area contributed by atoms with E-state index in [4.69, 9.17) is 5.11 Å². The molecule has 1 fully saturated rings. The van der Waals surface area contributed by atoms with Crippen LogP contribution in [0.25, 0.3) is 0 Å². The van der Waals surface area contributed by atoms with Crippen LogP contribution in [-0.2, 0) is 4.79 Å². The molecule has 110 valence electrons. The van der Waals surface area contributed by atoms with E-state index in [0.29, 0.717) is 6.42 Å². The Morgan fingerprint density at radius 3 is 2.32 bits per heavy atom. The van der Waals surface area contributed by atoms with Gasteiger partial charge in [0.05, 0.1) is 5.41 Å². The number of rotatable bonds is 5. The zero-order valence-electron chi connectivity index (χ0n) is 12.2. The molecule has 5 nitrogen and oxygen atoms in total. The number of hydrogen-bond acceptors (Lipinski definition) is 2. The van der Waals surface area contributed by atoms with E-state index in [0.717, 1.165) is 31.6 Å². The van der Waals surface area contributed by atoms with Gasteiger partial charge in [0.2, 0.25) is 0 Å². The van der Waals surface area contributed by atoms with Gasteiger partial charge in [0.15, 0.2) is 0 Å². The Labute approximate surface area is 115 Å². The van der Waals surface area contributed by atoms with Gasteiger partial charge < -0.3 is 15.7 Å². The third-order valence-electron chi connectivity index (χ3n) is 4.29. The van der Waals surface area contributed by atoms with Crippen molar-refractivity contribution in [2.75, 3.05) is 6.54 Å². The van der Waals surface area contributed by atoms with Gasteiger partial charge >= 0.3 is 12.0 Å². The molecular formula is C14H26N2O3. The van der Waals surface area contributed by atoms with Crippen LogP contribution in [0.3, 0.4) is 0 Å². The Morgan fingerprint density at radius 1 is 1.26 bits per heavy atom. The number of carboxylic acids is 1. The molecule has 0 aromatic carbocycles. The number of amides is 2. The summed E-state index contributed by atoms with van der Waals surface area (Å²) in [7, 11) is 0. The average Bonchev–Trinajstić information content (AvgIpc) is 2.38. The first-order valence-electron chi connectivity index (χ1n) is 7.15. The van der Waals surface area contributed by atoms with Gasteiger partial charge in [0.1, 0.15) is 0 Å². The molecule has 0 spiro atoms. The molecule has 1 rings (SSSR count). The SMILES string of the molecule is CCC(C)(CNC(=O)NC1CCC(C)CC1)C(=O)O. The highest BCUT2D eigenvalue weighted by Gasteiger charge is 2.31. The van der Waals surface area contributed by atoms with Gasteiger partial charge in [-0.05, 0) is 44.9 Å². The van der Waals surface area contributed by atoms with Gasteiger partial charge in [0, 0.05) is 12.6 Å². The van der Waals surface area contributed by atoms with Crippen LogP contribution in [0.4, 0.5) is 4.79 Å². The molecule has 1 saturated carbocycles. The molecule has 2 amide bonds. The van der Waals surface area contributed by atoms with Crippen LogP contribution in [0.1, 0.15) is 52.9 Å². The van der Waals surface area contributed by atoms with E-state index in [1.165, 1.54) is 0 Å². The van der Waals surface area contributed by atoms with E-state index in [2.05, 4.69) is 17.6 Å². The highest BCUT2D eigenvalue weighted by molar-refractivity contribution is 5.77. The monoisotopic (exact) mass is 270 g/mol. The van der Waals surface area contributed by atoms with Crippen molar-refractivity contribution in [3.05, 3.63) is 0 Å². The summed E-state index contributed by atoms with van der Waals surface area (Å²) < 4.78 is 0. The van der Waals surface area contributed by atoms with Crippen molar-refractivity contribution in [3.63, 3.8) is 0 Å². The number of carbonyl (C=O) groups excluding carboxylic acids is 1. The van der Waals surface area contributed by atoms with Crippen molar-refractivity contribution in [3.8, 4) is 0 Å². The summed E-state index contributed by atoms with van der Waals surface area (Å²) in [4.78, 5) is 22.9. The fourth-order valence-corrected chi connectivity index (χ4v) is 2.27. The van der Waals surface area contributed by atoms with Crippen molar-refractivity contribution in [1.82, 2.24) is 10.6 Å². The highest BCUT2D eigenvalue weighted by Crippen LogP contribution is 2.23. The Balaban J connectivity index is 2.33. The maximum Gasteiger partial charge on any atom is 0.315 e. The molecule has 0 heterocycles. The zero-order valence-corrected chi connectivity index (χ0v) is 12.2. The van der Waals surface area contributed by atoms with E-state index in [9.17, 15) is 9.59 Å². The smallest absolute Gasteiger partial charge is 0.315 e. The van der Waals surface area contributed by atoms with Gasteiger partial charge in [-0.3, -0.25) is 4.79 Å². The van der Waals surface area contributed by atoms with Crippen molar-refractivity contribution < 1.29 is 14.7 Å². The van der Waals surface area contributed by atoms with Crippen LogP contribution >= 0.6 is 0 Å². The fraction of sp³-hybridized carbons (Fsp3) is 0.857. The molecule has 1 aliphatic rings. The quantitative estimate of drug-likeness (QED) is 0.717. The Hall–Kier alpha value is -1.26. The number of carboxylic acid groups (broad SMARTS) is 1. The van der Waals surface area contributed by atoms with E-state index in [-0.39, 0.29) is 18.6 Å². The second-order valence-electron chi connectivity index (χ2n) is 6.00. The first-order valence-corrected chi connectivity index (χ1v) is 7.15. The maximum absolute atomic E-state index is 11.8. The molecule has 0 radical (unpaired) electrons. The number of urea groups is 1. The molecule has 1 aliphatic carbocycles. The van der Waals surface area contributed by atoms with E-state index < -0.39 is 11.4 Å². The fourth-order valence-electron chi connectivity index (χ4n) is 2.27. The summed E-state index contributed by atoms with van der Waals surface area (Å²) >= 11 is 0. The Bertz CT molecular complexity index is 325. The molecule has 3 N–H and O–H groups in total. The number of hydrogen-bond donors (Lipinski definition) is 3. The lowest BCUT2D eigenvalue weighted by Gasteiger charge is -2.28. The molecule has 19 heavy (non-hydrogen) atoms. The Morgan fingerprint density at radius 2 is 1.84 bits per heavy atom. The van der Waals surface area contributed by atoms with Crippen LogP contribution in [0.2, 0.25) is 0 Å². The number of aliphatic carboxylic acids is 1. The topological polar surface area (TPSA) is 78.4 Å². The van der Waals surface area contributed by atoms with Crippen molar-refractivity contribution in [2.45, 2.75) is 58.9 Å². The van der Waals surface area contributed by atoms with Crippen LogP contribution in [-0.4, -0.2) is 29.7 Å². The lowest BCUT2D eigenvalue weighted by molar-refractivity contribution is -0.147. The minimum atomic E-state index is -0.890. The van der Waals surface area contributed by atoms with Gasteiger partial charge in [0.25, 0.3) is 0 Å². The molecule has 1 unspecified atom stereocenters. The first-order chi connectivity index (χ1) is 8.87. The van der Waals surface area contributed by atoms with E-state index >= 15 is 0 Å². The van der Waals surface area contributed by atoms with Crippen molar-refractivity contribution in [1.29, 1.82) is 0 Å².